The highest BCUT2D eigenvalue weighted by Gasteiger charge is 2.26. The van der Waals surface area contributed by atoms with Gasteiger partial charge in [-0.15, -0.1) is 0 Å². The van der Waals surface area contributed by atoms with Crippen LogP contribution in [0.4, 0.5) is 19.0 Å². The molecule has 3 aromatic rings. The summed E-state index contributed by atoms with van der Waals surface area (Å²) in [6, 6.07) is 4.88. The Kier molecular flexibility index (Phi) is 4.66. The summed E-state index contributed by atoms with van der Waals surface area (Å²) in [5.74, 6) is -0.657. The van der Waals surface area contributed by atoms with Crippen molar-refractivity contribution in [2.24, 2.45) is 0 Å². The van der Waals surface area contributed by atoms with Crippen LogP contribution in [-0.2, 0) is 4.79 Å². The van der Waals surface area contributed by atoms with Gasteiger partial charge in [0.25, 0.3) is 6.43 Å². The molecule has 6 nitrogen and oxygen atoms in total. The monoisotopic (exact) mass is 389 g/mol. The highest BCUT2D eigenvalue weighted by molar-refractivity contribution is 5.94. The van der Waals surface area contributed by atoms with Gasteiger partial charge in [-0.25, -0.2) is 17.9 Å². The maximum atomic E-state index is 13.6. The van der Waals surface area contributed by atoms with Crippen LogP contribution in [0.2, 0.25) is 0 Å². The van der Waals surface area contributed by atoms with E-state index in [-0.39, 0.29) is 11.6 Å². The number of benzene rings is 1. The number of H-pyrrole nitrogens is 1. The van der Waals surface area contributed by atoms with Crippen LogP contribution in [0, 0.1) is 5.82 Å². The fraction of sp³-hybridized carbons (Fsp3) is 0.316. The maximum Gasteiger partial charge on any atom is 0.264 e. The second-order valence-electron chi connectivity index (χ2n) is 6.96. The first-order valence-corrected chi connectivity index (χ1v) is 8.90. The van der Waals surface area contributed by atoms with Crippen LogP contribution < -0.4 is 5.32 Å². The highest BCUT2D eigenvalue weighted by atomic mass is 19.3. The number of alkyl halides is 2. The minimum atomic E-state index is -2.79. The summed E-state index contributed by atoms with van der Waals surface area (Å²) in [5, 5.41) is 13.8. The highest BCUT2D eigenvalue weighted by Crippen LogP contribution is 2.39. The van der Waals surface area contributed by atoms with Gasteiger partial charge in [-0.1, -0.05) is 0 Å². The van der Waals surface area contributed by atoms with Crippen molar-refractivity contribution in [1.82, 2.24) is 20.0 Å². The minimum Gasteiger partial charge on any atom is -0.309 e. The SMILES string of the molecule is C[C@@H](C(=O)Nc1cc(C2CC2)[nH]n1)c1cnn(-c2cc(F)cc(C(F)F)c2)c1. The molecule has 1 amide bonds. The van der Waals surface area contributed by atoms with Crippen molar-refractivity contribution in [3.8, 4) is 5.69 Å². The van der Waals surface area contributed by atoms with Crippen LogP contribution in [0.1, 0.15) is 54.8 Å². The van der Waals surface area contributed by atoms with Gasteiger partial charge < -0.3 is 5.32 Å². The van der Waals surface area contributed by atoms with Crippen LogP contribution >= 0.6 is 0 Å². The molecule has 0 spiro atoms. The summed E-state index contributed by atoms with van der Waals surface area (Å²) >= 11 is 0. The zero-order valence-corrected chi connectivity index (χ0v) is 15.0. The lowest BCUT2D eigenvalue weighted by atomic mass is 10.0. The zero-order valence-electron chi connectivity index (χ0n) is 15.0. The van der Waals surface area contributed by atoms with Crippen LogP contribution in [0.25, 0.3) is 5.69 Å². The van der Waals surface area contributed by atoms with Gasteiger partial charge in [0.05, 0.1) is 17.8 Å². The molecule has 9 heteroatoms. The predicted octanol–water partition coefficient (Wildman–Crippen LogP) is 4.29. The molecule has 2 N–H and O–H groups in total. The molecule has 0 saturated heterocycles. The predicted molar refractivity (Wildman–Crippen MR) is 96.1 cm³/mol. The van der Waals surface area contributed by atoms with Crippen LogP contribution in [0.15, 0.2) is 36.7 Å². The van der Waals surface area contributed by atoms with E-state index in [2.05, 4.69) is 20.6 Å². The molecular weight excluding hydrogens is 371 g/mol. The van der Waals surface area contributed by atoms with Crippen molar-refractivity contribution < 1.29 is 18.0 Å². The molecule has 1 saturated carbocycles. The lowest BCUT2D eigenvalue weighted by Gasteiger charge is -2.09. The Morgan fingerprint density at radius 3 is 2.75 bits per heavy atom. The third-order valence-corrected chi connectivity index (χ3v) is 4.78. The average molecular weight is 389 g/mol. The molecule has 0 aliphatic heterocycles. The number of carbonyl (C=O) groups excluding carboxylic acids is 1. The molecule has 1 atom stereocenters. The van der Waals surface area contributed by atoms with E-state index in [0.717, 1.165) is 30.7 Å². The number of hydrogen-bond acceptors (Lipinski definition) is 3. The molecule has 1 fully saturated rings. The number of halogens is 3. The quantitative estimate of drug-likeness (QED) is 0.660. The van der Waals surface area contributed by atoms with Crippen LogP contribution in [-0.4, -0.2) is 25.9 Å². The smallest absolute Gasteiger partial charge is 0.264 e. The van der Waals surface area contributed by atoms with Crippen LogP contribution in [0.5, 0.6) is 0 Å². The van der Waals surface area contributed by atoms with Crippen molar-refractivity contribution >= 4 is 11.7 Å². The number of aromatic nitrogens is 4. The number of rotatable bonds is 6. The van der Waals surface area contributed by atoms with E-state index >= 15 is 0 Å². The Morgan fingerprint density at radius 1 is 1.25 bits per heavy atom. The maximum absolute atomic E-state index is 13.6. The van der Waals surface area contributed by atoms with E-state index in [4.69, 9.17) is 0 Å². The molecule has 146 valence electrons. The van der Waals surface area contributed by atoms with E-state index in [1.165, 1.54) is 23.1 Å². The molecule has 4 rings (SSSR count). The van der Waals surface area contributed by atoms with Crippen molar-refractivity contribution in [3.05, 3.63) is 59.3 Å². The van der Waals surface area contributed by atoms with Gasteiger partial charge in [0.15, 0.2) is 5.82 Å². The van der Waals surface area contributed by atoms with Gasteiger partial charge in [0.1, 0.15) is 5.82 Å². The summed E-state index contributed by atoms with van der Waals surface area (Å²) in [6.07, 6.45) is 2.44. The van der Waals surface area contributed by atoms with Gasteiger partial charge in [0.2, 0.25) is 5.91 Å². The lowest BCUT2D eigenvalue weighted by molar-refractivity contribution is -0.117. The van der Waals surface area contributed by atoms with Gasteiger partial charge in [-0.05, 0) is 38.0 Å². The lowest BCUT2D eigenvalue weighted by Crippen LogP contribution is -2.18. The molecule has 0 unspecified atom stereocenters. The van der Waals surface area contributed by atoms with E-state index in [1.807, 2.05) is 6.07 Å². The van der Waals surface area contributed by atoms with E-state index in [1.54, 1.807) is 6.92 Å². The average Bonchev–Trinajstić information content (AvgIpc) is 3.21. The number of hydrogen-bond donors (Lipinski definition) is 2. The Morgan fingerprint density at radius 2 is 2.04 bits per heavy atom. The number of carbonyl (C=O) groups is 1. The van der Waals surface area contributed by atoms with E-state index in [0.29, 0.717) is 17.3 Å². The molecule has 1 aliphatic carbocycles. The Bertz CT molecular complexity index is 1010. The van der Waals surface area contributed by atoms with E-state index in [9.17, 15) is 18.0 Å². The summed E-state index contributed by atoms with van der Waals surface area (Å²) in [4.78, 5) is 12.5. The number of anilines is 1. The van der Waals surface area contributed by atoms with Gasteiger partial charge in [-0.3, -0.25) is 9.89 Å². The van der Waals surface area contributed by atoms with Crippen molar-refractivity contribution in [2.75, 3.05) is 5.32 Å². The molecular formula is C19H18F3N5O. The fourth-order valence-corrected chi connectivity index (χ4v) is 2.95. The second kappa shape index (κ2) is 7.14. The van der Waals surface area contributed by atoms with E-state index < -0.39 is 23.7 Å². The first-order chi connectivity index (χ1) is 13.4. The number of nitrogens with one attached hydrogen (secondary N) is 2. The van der Waals surface area contributed by atoms with Crippen molar-refractivity contribution in [1.29, 1.82) is 0 Å². The first-order valence-electron chi connectivity index (χ1n) is 8.90. The molecule has 2 aromatic heterocycles. The van der Waals surface area contributed by atoms with Crippen LogP contribution in [0.3, 0.4) is 0 Å². The van der Waals surface area contributed by atoms with Gasteiger partial charge in [-0.2, -0.15) is 10.2 Å². The first kappa shape index (κ1) is 18.3. The molecule has 2 heterocycles. The minimum absolute atomic E-state index is 0.163. The standard InChI is InChI=1S/C19H18F3N5O/c1-10(19(28)24-17-7-16(25-26-17)11-2-3-11)13-8-23-27(9-13)15-5-12(18(21)22)4-14(20)6-15/h4-11,18H,2-3H2,1H3,(H2,24,25,26,28)/t10-/m1/s1. The van der Waals surface area contributed by atoms with Gasteiger partial charge >= 0.3 is 0 Å². The second-order valence-corrected chi connectivity index (χ2v) is 6.96. The Balaban J connectivity index is 1.49. The zero-order chi connectivity index (χ0) is 19.8. The normalized spacial score (nSPS) is 15.0. The number of amides is 1. The Hall–Kier alpha value is -3.10. The van der Waals surface area contributed by atoms with Gasteiger partial charge in [0, 0.05) is 35.0 Å². The topological polar surface area (TPSA) is 75.6 Å². The summed E-state index contributed by atoms with van der Waals surface area (Å²) in [7, 11) is 0. The largest absolute Gasteiger partial charge is 0.309 e. The van der Waals surface area contributed by atoms with Crippen molar-refractivity contribution in [3.63, 3.8) is 0 Å². The summed E-state index contributed by atoms with van der Waals surface area (Å²) < 4.78 is 40.7. The summed E-state index contributed by atoms with van der Waals surface area (Å²) in [5.41, 5.74) is 1.31. The molecule has 1 aromatic carbocycles. The third kappa shape index (κ3) is 3.78. The number of nitrogens with zero attached hydrogens (tertiary/aromatic N) is 3. The molecule has 0 bridgehead atoms. The molecule has 0 radical (unpaired) electrons. The summed E-state index contributed by atoms with van der Waals surface area (Å²) in [6.45, 7) is 1.70. The third-order valence-electron chi connectivity index (χ3n) is 4.78. The fourth-order valence-electron chi connectivity index (χ4n) is 2.95. The molecule has 1 aliphatic rings. The molecule has 28 heavy (non-hydrogen) atoms. The van der Waals surface area contributed by atoms with Crippen molar-refractivity contribution in [2.45, 2.75) is 38.0 Å². The Labute approximate surface area is 158 Å². The number of aromatic amines is 1.